The molecule has 1 unspecified atom stereocenters. The third kappa shape index (κ3) is 4.17. The van der Waals surface area contributed by atoms with Gasteiger partial charge in [-0.05, 0) is 37.6 Å². The highest BCUT2D eigenvalue weighted by Crippen LogP contribution is 2.08. The summed E-state index contributed by atoms with van der Waals surface area (Å²) in [5, 5.41) is 7.75. The van der Waals surface area contributed by atoms with Gasteiger partial charge < -0.3 is 5.32 Å². The fourth-order valence-electron chi connectivity index (χ4n) is 2.30. The SMILES string of the molecule is CCNC(CCc1ccnn1C)Cc1ccccn1. The summed E-state index contributed by atoms with van der Waals surface area (Å²) in [4.78, 5) is 4.41. The molecule has 0 saturated carbocycles. The lowest BCUT2D eigenvalue weighted by Crippen LogP contribution is -2.32. The number of aryl methyl sites for hydroxylation is 2. The van der Waals surface area contributed by atoms with Gasteiger partial charge in [0.25, 0.3) is 0 Å². The Hall–Kier alpha value is -1.68. The van der Waals surface area contributed by atoms with E-state index in [-0.39, 0.29) is 0 Å². The highest BCUT2D eigenvalue weighted by Gasteiger charge is 2.10. The maximum absolute atomic E-state index is 4.41. The zero-order chi connectivity index (χ0) is 13.5. The molecule has 1 N–H and O–H groups in total. The third-order valence-corrected chi connectivity index (χ3v) is 3.35. The van der Waals surface area contributed by atoms with Gasteiger partial charge in [0, 0.05) is 43.3 Å². The van der Waals surface area contributed by atoms with Crippen LogP contribution in [0.3, 0.4) is 0 Å². The average molecular weight is 258 g/mol. The first-order valence-electron chi connectivity index (χ1n) is 6.89. The number of pyridine rings is 1. The number of nitrogens with one attached hydrogen (secondary N) is 1. The van der Waals surface area contributed by atoms with Gasteiger partial charge in [0.05, 0.1) is 0 Å². The molecule has 0 amide bonds. The molecular formula is C15H22N4. The number of likely N-dealkylation sites (N-methyl/N-ethyl adjacent to an activating group) is 1. The van der Waals surface area contributed by atoms with Crippen LogP contribution >= 0.6 is 0 Å². The summed E-state index contributed by atoms with van der Waals surface area (Å²) in [6, 6.07) is 8.65. The zero-order valence-corrected chi connectivity index (χ0v) is 11.7. The minimum atomic E-state index is 0.467. The Kier molecular flexibility index (Phi) is 5.10. The zero-order valence-electron chi connectivity index (χ0n) is 11.7. The maximum atomic E-state index is 4.41. The van der Waals surface area contributed by atoms with E-state index in [1.54, 1.807) is 0 Å². The number of rotatable bonds is 7. The first-order chi connectivity index (χ1) is 9.29. The molecule has 2 rings (SSSR count). The number of nitrogens with zero attached hydrogens (tertiary/aromatic N) is 3. The van der Waals surface area contributed by atoms with Crippen molar-refractivity contribution in [1.29, 1.82) is 0 Å². The largest absolute Gasteiger partial charge is 0.314 e. The van der Waals surface area contributed by atoms with Crippen LogP contribution in [0, 0.1) is 0 Å². The lowest BCUT2D eigenvalue weighted by Gasteiger charge is -2.17. The Morgan fingerprint density at radius 3 is 2.79 bits per heavy atom. The lowest BCUT2D eigenvalue weighted by atomic mass is 10.0. The van der Waals surface area contributed by atoms with Gasteiger partial charge in [0.2, 0.25) is 0 Å². The molecule has 0 aliphatic heterocycles. The summed E-state index contributed by atoms with van der Waals surface area (Å²) in [5.74, 6) is 0. The molecular weight excluding hydrogens is 236 g/mol. The first-order valence-corrected chi connectivity index (χ1v) is 6.89. The number of hydrogen-bond acceptors (Lipinski definition) is 3. The van der Waals surface area contributed by atoms with Crippen molar-refractivity contribution in [2.75, 3.05) is 6.54 Å². The van der Waals surface area contributed by atoms with Crippen LogP contribution in [0.15, 0.2) is 36.7 Å². The summed E-state index contributed by atoms with van der Waals surface area (Å²) in [5.41, 5.74) is 2.43. The Balaban J connectivity index is 1.91. The maximum Gasteiger partial charge on any atom is 0.0492 e. The van der Waals surface area contributed by atoms with Gasteiger partial charge in [0.15, 0.2) is 0 Å². The summed E-state index contributed by atoms with van der Waals surface area (Å²) >= 11 is 0. The van der Waals surface area contributed by atoms with Crippen molar-refractivity contribution in [1.82, 2.24) is 20.1 Å². The van der Waals surface area contributed by atoms with Crippen molar-refractivity contribution in [3.8, 4) is 0 Å². The molecule has 0 aromatic carbocycles. The highest BCUT2D eigenvalue weighted by molar-refractivity contribution is 5.06. The van der Waals surface area contributed by atoms with Gasteiger partial charge in [-0.3, -0.25) is 9.67 Å². The lowest BCUT2D eigenvalue weighted by molar-refractivity contribution is 0.480. The topological polar surface area (TPSA) is 42.7 Å². The van der Waals surface area contributed by atoms with Crippen molar-refractivity contribution in [3.63, 3.8) is 0 Å². The molecule has 0 spiro atoms. The Bertz CT molecular complexity index is 478. The van der Waals surface area contributed by atoms with Crippen LogP contribution in [0.1, 0.15) is 24.7 Å². The molecule has 2 aromatic rings. The standard InChI is InChI=1S/C15H22N4/c1-3-16-14(12-13-6-4-5-10-17-13)7-8-15-9-11-18-19(15)2/h4-6,9-11,14,16H,3,7-8,12H2,1-2H3. The minimum absolute atomic E-state index is 0.467. The Morgan fingerprint density at radius 1 is 1.26 bits per heavy atom. The second-order valence-corrected chi connectivity index (χ2v) is 4.76. The van der Waals surface area contributed by atoms with Gasteiger partial charge in [-0.15, -0.1) is 0 Å². The predicted octanol–water partition coefficient (Wildman–Crippen LogP) is 1.97. The molecule has 19 heavy (non-hydrogen) atoms. The molecule has 102 valence electrons. The van der Waals surface area contributed by atoms with Crippen LogP contribution in [-0.4, -0.2) is 27.4 Å². The van der Waals surface area contributed by atoms with E-state index < -0.39 is 0 Å². The molecule has 0 fully saturated rings. The quantitative estimate of drug-likeness (QED) is 0.825. The van der Waals surface area contributed by atoms with Crippen LogP contribution in [0.25, 0.3) is 0 Å². The number of aromatic nitrogens is 3. The van der Waals surface area contributed by atoms with E-state index in [4.69, 9.17) is 0 Å². The Labute approximate surface area is 114 Å². The highest BCUT2D eigenvalue weighted by atomic mass is 15.2. The van der Waals surface area contributed by atoms with Gasteiger partial charge >= 0.3 is 0 Å². The summed E-state index contributed by atoms with van der Waals surface area (Å²) < 4.78 is 1.95. The monoisotopic (exact) mass is 258 g/mol. The second-order valence-electron chi connectivity index (χ2n) is 4.76. The van der Waals surface area contributed by atoms with Crippen molar-refractivity contribution in [2.24, 2.45) is 7.05 Å². The van der Waals surface area contributed by atoms with Crippen LogP contribution in [0.4, 0.5) is 0 Å². The van der Waals surface area contributed by atoms with E-state index in [9.17, 15) is 0 Å². The molecule has 4 heteroatoms. The minimum Gasteiger partial charge on any atom is -0.314 e. The first kappa shape index (κ1) is 13.7. The smallest absolute Gasteiger partial charge is 0.0492 e. The fraction of sp³-hybridized carbons (Fsp3) is 0.467. The van der Waals surface area contributed by atoms with Gasteiger partial charge in [-0.2, -0.15) is 5.10 Å². The second kappa shape index (κ2) is 7.04. The van der Waals surface area contributed by atoms with Gasteiger partial charge in [-0.25, -0.2) is 0 Å². The third-order valence-electron chi connectivity index (χ3n) is 3.35. The predicted molar refractivity (Wildman–Crippen MR) is 76.9 cm³/mol. The molecule has 2 aromatic heterocycles. The van der Waals surface area contributed by atoms with Crippen molar-refractivity contribution < 1.29 is 0 Å². The van der Waals surface area contributed by atoms with E-state index in [2.05, 4.69) is 34.5 Å². The summed E-state index contributed by atoms with van der Waals surface area (Å²) in [6.45, 7) is 3.14. The molecule has 1 atom stereocenters. The van der Waals surface area contributed by atoms with E-state index >= 15 is 0 Å². The molecule has 2 heterocycles. The van der Waals surface area contributed by atoms with Crippen LogP contribution in [0.5, 0.6) is 0 Å². The van der Waals surface area contributed by atoms with Crippen LogP contribution in [0.2, 0.25) is 0 Å². The van der Waals surface area contributed by atoms with Crippen LogP contribution in [-0.2, 0) is 19.9 Å². The molecule has 0 radical (unpaired) electrons. The number of hydrogen-bond donors (Lipinski definition) is 1. The fourth-order valence-corrected chi connectivity index (χ4v) is 2.30. The van der Waals surface area contributed by atoms with E-state index in [0.717, 1.165) is 31.5 Å². The van der Waals surface area contributed by atoms with Crippen LogP contribution < -0.4 is 5.32 Å². The van der Waals surface area contributed by atoms with Crippen molar-refractivity contribution >= 4 is 0 Å². The normalized spacial score (nSPS) is 12.5. The molecule has 0 aliphatic carbocycles. The molecule has 0 bridgehead atoms. The summed E-state index contributed by atoms with van der Waals surface area (Å²) in [6.07, 6.45) is 6.84. The van der Waals surface area contributed by atoms with Gasteiger partial charge in [-0.1, -0.05) is 13.0 Å². The Morgan fingerprint density at radius 2 is 2.16 bits per heavy atom. The van der Waals surface area contributed by atoms with Crippen molar-refractivity contribution in [2.45, 2.75) is 32.2 Å². The van der Waals surface area contributed by atoms with E-state index in [1.165, 1.54) is 5.69 Å². The molecule has 0 saturated heterocycles. The average Bonchev–Trinajstić information content (AvgIpc) is 2.83. The van der Waals surface area contributed by atoms with E-state index in [0.29, 0.717) is 6.04 Å². The molecule has 4 nitrogen and oxygen atoms in total. The van der Waals surface area contributed by atoms with E-state index in [1.807, 2.05) is 36.3 Å². The van der Waals surface area contributed by atoms with Crippen molar-refractivity contribution in [3.05, 3.63) is 48.0 Å². The molecule has 0 aliphatic rings. The van der Waals surface area contributed by atoms with Gasteiger partial charge in [0.1, 0.15) is 0 Å². The summed E-state index contributed by atoms with van der Waals surface area (Å²) in [7, 11) is 2.00.